The molecule has 2 aromatic heterocycles. The van der Waals surface area contributed by atoms with E-state index in [1.807, 2.05) is 33.0 Å². The van der Waals surface area contributed by atoms with E-state index in [-0.39, 0.29) is 11.4 Å². The monoisotopic (exact) mass is 273 g/mol. The fraction of sp³-hybridized carbons (Fsp3) is 0.400. The van der Waals surface area contributed by atoms with Crippen LogP contribution in [0.5, 0.6) is 5.88 Å². The minimum atomic E-state index is -0.328. The minimum Gasteiger partial charge on any atom is -0.471 e. The number of hydrogen-bond donors (Lipinski definition) is 1. The van der Waals surface area contributed by atoms with E-state index in [0.29, 0.717) is 12.3 Å². The lowest BCUT2D eigenvalue weighted by Crippen LogP contribution is -2.23. The van der Waals surface area contributed by atoms with Gasteiger partial charge in [-0.05, 0) is 45.8 Å². The van der Waals surface area contributed by atoms with Crippen LogP contribution in [0.1, 0.15) is 33.3 Å². The number of ether oxygens (including phenoxy) is 1. The molecule has 0 atom stereocenters. The predicted molar refractivity (Wildman–Crippen MR) is 77.8 cm³/mol. The maximum atomic E-state index is 10.9. The van der Waals surface area contributed by atoms with Gasteiger partial charge in [-0.1, -0.05) is 6.08 Å². The first kappa shape index (κ1) is 14.2. The van der Waals surface area contributed by atoms with Crippen molar-refractivity contribution >= 4 is 16.8 Å². The van der Waals surface area contributed by atoms with E-state index < -0.39 is 0 Å². The molecule has 0 unspecified atom stereocenters. The summed E-state index contributed by atoms with van der Waals surface area (Å²) in [6, 6.07) is 0. The second-order valence-electron chi connectivity index (χ2n) is 5.65. The van der Waals surface area contributed by atoms with Crippen LogP contribution in [0.2, 0.25) is 0 Å². The number of carbonyl (C=O) groups excluding carboxylic acids is 1. The highest BCUT2D eigenvalue weighted by molar-refractivity contribution is 5.88. The molecule has 0 bridgehead atoms. The Morgan fingerprint density at radius 1 is 1.40 bits per heavy atom. The first-order valence-electron chi connectivity index (χ1n) is 6.54. The predicted octanol–water partition coefficient (Wildman–Crippen LogP) is 2.82. The summed E-state index contributed by atoms with van der Waals surface area (Å²) in [5, 5.41) is 0.871. The average molecular weight is 273 g/mol. The van der Waals surface area contributed by atoms with E-state index in [9.17, 15) is 4.79 Å². The summed E-state index contributed by atoms with van der Waals surface area (Å²) in [7, 11) is 0. The molecule has 0 spiro atoms. The number of aromatic nitrogens is 3. The number of nitrogens with one attached hydrogen (secondary N) is 1. The lowest BCUT2D eigenvalue weighted by Gasteiger charge is -2.20. The van der Waals surface area contributed by atoms with Crippen molar-refractivity contribution in [1.82, 2.24) is 15.0 Å². The third kappa shape index (κ3) is 3.44. The number of carbonyl (C=O) groups is 1. The summed E-state index contributed by atoms with van der Waals surface area (Å²) >= 11 is 0. The third-order valence-electron chi connectivity index (χ3n) is 2.61. The molecule has 1 N–H and O–H groups in total. The molecule has 0 saturated heterocycles. The molecule has 106 valence electrons. The molecule has 2 rings (SSSR count). The SMILES string of the molecule is CC(=O)C=CCc1c[nH]c2ncnc(OC(C)(C)C)c12. The summed E-state index contributed by atoms with van der Waals surface area (Å²) in [6.45, 7) is 7.46. The zero-order chi connectivity index (χ0) is 14.8. The number of allylic oxidation sites excluding steroid dienone is 2. The fourth-order valence-corrected chi connectivity index (χ4v) is 1.88. The van der Waals surface area contributed by atoms with Crippen LogP contribution in [0, 0.1) is 0 Å². The van der Waals surface area contributed by atoms with Crippen LogP contribution in [-0.4, -0.2) is 26.3 Å². The van der Waals surface area contributed by atoms with Gasteiger partial charge in [0.1, 0.15) is 17.6 Å². The van der Waals surface area contributed by atoms with Gasteiger partial charge < -0.3 is 9.72 Å². The van der Waals surface area contributed by atoms with Crippen molar-refractivity contribution in [3.8, 4) is 5.88 Å². The Morgan fingerprint density at radius 3 is 2.80 bits per heavy atom. The minimum absolute atomic E-state index is 0.0345. The molecule has 0 fully saturated rings. The van der Waals surface area contributed by atoms with E-state index in [4.69, 9.17) is 4.74 Å². The summed E-state index contributed by atoms with van der Waals surface area (Å²) in [6.07, 6.45) is 7.38. The van der Waals surface area contributed by atoms with Crippen molar-refractivity contribution in [2.24, 2.45) is 0 Å². The Balaban J connectivity index is 2.38. The molecule has 0 aromatic carbocycles. The smallest absolute Gasteiger partial charge is 0.226 e. The van der Waals surface area contributed by atoms with Crippen LogP contribution in [-0.2, 0) is 11.2 Å². The Kier molecular flexibility index (Phi) is 3.88. The number of rotatable bonds is 4. The second-order valence-corrected chi connectivity index (χ2v) is 5.65. The molecule has 5 nitrogen and oxygen atoms in total. The molecular weight excluding hydrogens is 254 g/mol. The average Bonchev–Trinajstić information content (AvgIpc) is 2.71. The summed E-state index contributed by atoms with van der Waals surface area (Å²) in [5.41, 5.74) is 1.42. The number of nitrogens with zero attached hydrogens (tertiary/aromatic N) is 2. The molecule has 2 heterocycles. The molecule has 0 aliphatic carbocycles. The number of hydrogen-bond acceptors (Lipinski definition) is 4. The number of ketones is 1. The van der Waals surface area contributed by atoms with E-state index in [0.717, 1.165) is 16.6 Å². The van der Waals surface area contributed by atoms with Gasteiger partial charge in [0, 0.05) is 6.20 Å². The molecule has 0 saturated carbocycles. The van der Waals surface area contributed by atoms with Crippen LogP contribution < -0.4 is 4.74 Å². The molecule has 20 heavy (non-hydrogen) atoms. The Morgan fingerprint density at radius 2 is 2.15 bits per heavy atom. The van der Waals surface area contributed by atoms with Crippen molar-refractivity contribution < 1.29 is 9.53 Å². The molecule has 0 amide bonds. The van der Waals surface area contributed by atoms with Crippen molar-refractivity contribution in [2.75, 3.05) is 0 Å². The molecule has 2 aromatic rings. The lowest BCUT2D eigenvalue weighted by molar-refractivity contribution is -0.112. The maximum absolute atomic E-state index is 10.9. The zero-order valence-corrected chi connectivity index (χ0v) is 12.2. The standard InChI is InChI=1S/C15H19N3O2/c1-10(19)6-5-7-11-8-16-13-12(11)14(18-9-17-13)20-15(2,3)4/h5-6,8-9H,7H2,1-4H3,(H,16,17,18). The van der Waals surface area contributed by atoms with Gasteiger partial charge in [-0.15, -0.1) is 0 Å². The van der Waals surface area contributed by atoms with Gasteiger partial charge in [-0.2, -0.15) is 0 Å². The fourth-order valence-electron chi connectivity index (χ4n) is 1.88. The quantitative estimate of drug-likeness (QED) is 0.870. The normalized spacial score (nSPS) is 12.2. The van der Waals surface area contributed by atoms with Gasteiger partial charge >= 0.3 is 0 Å². The van der Waals surface area contributed by atoms with Crippen LogP contribution in [0.25, 0.3) is 11.0 Å². The highest BCUT2D eigenvalue weighted by Crippen LogP contribution is 2.28. The second kappa shape index (κ2) is 5.45. The molecule has 0 aliphatic heterocycles. The van der Waals surface area contributed by atoms with Gasteiger partial charge in [0.2, 0.25) is 5.88 Å². The highest BCUT2D eigenvalue weighted by atomic mass is 16.5. The van der Waals surface area contributed by atoms with Gasteiger partial charge in [0.05, 0.1) is 5.39 Å². The summed E-state index contributed by atoms with van der Waals surface area (Å²) in [4.78, 5) is 22.5. The highest BCUT2D eigenvalue weighted by Gasteiger charge is 2.18. The number of fused-ring (bicyclic) bond motifs is 1. The molecular formula is C15H19N3O2. The Hall–Kier alpha value is -2.17. The third-order valence-corrected chi connectivity index (χ3v) is 2.61. The molecule has 5 heteroatoms. The summed E-state index contributed by atoms with van der Waals surface area (Å²) in [5.74, 6) is 0.599. The van der Waals surface area contributed by atoms with Crippen molar-refractivity contribution in [3.05, 3.63) is 30.2 Å². The summed E-state index contributed by atoms with van der Waals surface area (Å²) < 4.78 is 5.88. The zero-order valence-electron chi connectivity index (χ0n) is 12.2. The largest absolute Gasteiger partial charge is 0.471 e. The van der Waals surface area contributed by atoms with E-state index >= 15 is 0 Å². The van der Waals surface area contributed by atoms with Crippen LogP contribution in [0.4, 0.5) is 0 Å². The lowest BCUT2D eigenvalue weighted by atomic mass is 10.1. The van der Waals surface area contributed by atoms with Crippen molar-refractivity contribution in [3.63, 3.8) is 0 Å². The maximum Gasteiger partial charge on any atom is 0.226 e. The van der Waals surface area contributed by atoms with Crippen LogP contribution in [0.3, 0.4) is 0 Å². The van der Waals surface area contributed by atoms with Gasteiger partial charge in [0.25, 0.3) is 0 Å². The van der Waals surface area contributed by atoms with Crippen molar-refractivity contribution in [2.45, 2.75) is 39.7 Å². The Bertz CT molecular complexity index is 651. The van der Waals surface area contributed by atoms with E-state index in [1.54, 1.807) is 6.08 Å². The number of aromatic amines is 1. The number of H-pyrrole nitrogens is 1. The van der Waals surface area contributed by atoms with Gasteiger partial charge in [-0.25, -0.2) is 9.97 Å². The first-order chi connectivity index (χ1) is 9.37. The topological polar surface area (TPSA) is 67.9 Å². The first-order valence-corrected chi connectivity index (χ1v) is 6.54. The van der Waals surface area contributed by atoms with E-state index in [2.05, 4.69) is 15.0 Å². The van der Waals surface area contributed by atoms with E-state index in [1.165, 1.54) is 13.3 Å². The van der Waals surface area contributed by atoms with Crippen LogP contribution in [0.15, 0.2) is 24.7 Å². The molecule has 0 aliphatic rings. The van der Waals surface area contributed by atoms with Gasteiger partial charge in [0.15, 0.2) is 5.78 Å². The van der Waals surface area contributed by atoms with Crippen LogP contribution >= 0.6 is 0 Å². The molecule has 0 radical (unpaired) electrons. The van der Waals surface area contributed by atoms with Gasteiger partial charge in [-0.3, -0.25) is 4.79 Å². The van der Waals surface area contributed by atoms with Crippen molar-refractivity contribution in [1.29, 1.82) is 0 Å². The Labute approximate surface area is 118 Å².